The lowest BCUT2D eigenvalue weighted by Gasteiger charge is -1.96. The number of hydrogen-bond acceptors (Lipinski definition) is 2. The molecule has 58 valence electrons. The average molecular weight is 264 g/mol. The molecule has 3 nitrogen and oxygen atoms in total. The Bertz CT molecular complexity index is 275. The molecule has 11 heavy (non-hydrogen) atoms. The van der Waals surface area contributed by atoms with Crippen molar-refractivity contribution in [2.45, 2.75) is 0 Å². The van der Waals surface area contributed by atoms with Gasteiger partial charge in [0.2, 0.25) is 0 Å². The van der Waals surface area contributed by atoms with Crippen LogP contribution in [0.15, 0.2) is 24.3 Å². The average Bonchev–Trinajstić information content (AvgIpc) is 2.04. The molecule has 0 fully saturated rings. The molecule has 0 aliphatic rings. The molecule has 4 heteroatoms. The monoisotopic (exact) mass is 264 g/mol. The molecular formula is C7H7INO2+. The maximum absolute atomic E-state index is 11.0. The van der Waals surface area contributed by atoms with Crippen molar-refractivity contribution in [3.05, 3.63) is 29.8 Å². The lowest BCUT2D eigenvalue weighted by molar-refractivity contribution is -0.255. The summed E-state index contributed by atoms with van der Waals surface area (Å²) in [5.41, 5.74) is 4.89. The van der Waals surface area contributed by atoms with Crippen LogP contribution in [0, 0.1) is 0 Å². The van der Waals surface area contributed by atoms with E-state index in [1.165, 1.54) is 0 Å². The van der Waals surface area contributed by atoms with Crippen LogP contribution in [0.25, 0.3) is 0 Å². The zero-order valence-corrected chi connectivity index (χ0v) is 7.87. The first-order valence-electron chi connectivity index (χ1n) is 2.99. The predicted octanol–water partition coefficient (Wildman–Crippen LogP) is 1.07. The van der Waals surface area contributed by atoms with Gasteiger partial charge in [0, 0.05) is 0 Å². The Balaban J connectivity index is 3.03. The van der Waals surface area contributed by atoms with Gasteiger partial charge in [0.05, 0.1) is 0 Å². The summed E-state index contributed by atoms with van der Waals surface area (Å²) < 4.78 is 4.51. The fourth-order valence-electron chi connectivity index (χ4n) is 0.761. The molecular weight excluding hydrogens is 257 g/mol. The Labute approximate surface area is 78.2 Å². The summed E-state index contributed by atoms with van der Waals surface area (Å²) in [6.45, 7) is 0. The first kappa shape index (κ1) is 8.48. The van der Waals surface area contributed by atoms with Gasteiger partial charge in [-0.25, -0.2) is 4.79 Å². The summed E-state index contributed by atoms with van der Waals surface area (Å²) in [5.74, 6) is -0.351. The second kappa shape index (κ2) is 3.68. The van der Waals surface area contributed by atoms with Crippen LogP contribution in [0.5, 0.6) is 0 Å². The van der Waals surface area contributed by atoms with Crippen molar-refractivity contribution in [1.82, 2.24) is 0 Å². The van der Waals surface area contributed by atoms with E-state index in [-0.39, 0.29) is 5.97 Å². The van der Waals surface area contributed by atoms with E-state index in [0.29, 0.717) is 11.3 Å². The lowest BCUT2D eigenvalue weighted by Crippen LogP contribution is -2.41. The van der Waals surface area contributed by atoms with Crippen molar-refractivity contribution >= 4 is 34.7 Å². The molecule has 0 amide bonds. The summed E-state index contributed by atoms with van der Waals surface area (Å²) in [6, 6.07) is 7.05. The van der Waals surface area contributed by atoms with Crippen LogP contribution in [0.2, 0.25) is 0 Å². The van der Waals surface area contributed by atoms with Crippen molar-refractivity contribution in [3.8, 4) is 0 Å². The van der Waals surface area contributed by atoms with Crippen LogP contribution < -0.4 is 5.73 Å². The van der Waals surface area contributed by atoms with E-state index in [1.807, 2.05) is 6.07 Å². The van der Waals surface area contributed by atoms with E-state index in [1.54, 1.807) is 41.2 Å². The van der Waals surface area contributed by atoms with Gasteiger partial charge in [-0.2, -0.15) is 0 Å². The van der Waals surface area contributed by atoms with Gasteiger partial charge in [0.1, 0.15) is 11.3 Å². The minimum absolute atomic E-state index is 0.351. The van der Waals surface area contributed by atoms with Gasteiger partial charge >= 0.3 is 5.97 Å². The van der Waals surface area contributed by atoms with Crippen LogP contribution in [-0.2, 0) is 3.07 Å². The van der Waals surface area contributed by atoms with Gasteiger partial charge in [-0.3, -0.25) is 0 Å². The molecule has 1 aromatic rings. The van der Waals surface area contributed by atoms with Crippen molar-refractivity contribution in [3.63, 3.8) is 0 Å². The number of rotatable bonds is 1. The van der Waals surface area contributed by atoms with Gasteiger partial charge in [-0.15, -0.1) is 0 Å². The lowest BCUT2D eigenvalue weighted by atomic mass is 10.2. The first-order chi connectivity index (χ1) is 5.25. The molecule has 0 heterocycles. The van der Waals surface area contributed by atoms with E-state index in [9.17, 15) is 4.79 Å². The largest absolute Gasteiger partial charge is 0.391 e. The second-order valence-corrected chi connectivity index (χ2v) is 2.46. The van der Waals surface area contributed by atoms with Crippen molar-refractivity contribution in [2.24, 2.45) is 0 Å². The predicted molar refractivity (Wildman–Crippen MR) is 48.4 cm³/mol. The van der Waals surface area contributed by atoms with E-state index in [4.69, 9.17) is 0 Å². The molecule has 0 aliphatic heterocycles. The maximum atomic E-state index is 11.0. The third-order valence-corrected chi connectivity index (χ3v) is 1.71. The third-order valence-electron chi connectivity index (χ3n) is 1.31. The molecule has 0 aliphatic carbocycles. The van der Waals surface area contributed by atoms with Crippen LogP contribution >= 0.6 is 23.0 Å². The molecule has 0 saturated carbocycles. The van der Waals surface area contributed by atoms with Crippen molar-refractivity contribution in [2.75, 3.05) is 0 Å². The molecule has 0 spiro atoms. The fourth-order valence-corrected chi connectivity index (χ4v) is 0.998. The Hall–Kier alpha value is -0.620. The highest BCUT2D eigenvalue weighted by atomic mass is 127. The topological polar surface area (TPSA) is 53.9 Å². The van der Waals surface area contributed by atoms with Crippen LogP contribution in [0.3, 0.4) is 0 Å². The van der Waals surface area contributed by atoms with Crippen LogP contribution in [0.4, 0.5) is 5.69 Å². The minimum atomic E-state index is -0.351. The molecule has 0 aromatic heterocycles. The molecule has 1 aromatic carbocycles. The molecule has 0 atom stereocenters. The standard InChI is InChI=1S/C7H6INO2/c8-11-7(10)5-3-1-2-4-6(5)9/h1-4H,9H2/p+1. The highest BCUT2D eigenvalue weighted by Crippen LogP contribution is 2.11. The van der Waals surface area contributed by atoms with E-state index < -0.39 is 0 Å². The number of benzene rings is 1. The number of hydrogen-bond donors (Lipinski definition) is 1. The summed E-state index contributed by atoms with van der Waals surface area (Å²) in [6.07, 6.45) is 0. The van der Waals surface area contributed by atoms with Crippen molar-refractivity contribution in [1.29, 1.82) is 0 Å². The third kappa shape index (κ3) is 1.90. The van der Waals surface area contributed by atoms with Gasteiger partial charge < -0.3 is 8.80 Å². The van der Waals surface area contributed by atoms with Crippen molar-refractivity contribution < 1.29 is 13.6 Å². The van der Waals surface area contributed by atoms with E-state index in [0.717, 1.165) is 0 Å². The Morgan fingerprint density at radius 2 is 2.09 bits per heavy atom. The fraction of sp³-hybridized carbons (Fsp3) is 0. The Morgan fingerprint density at radius 1 is 1.45 bits per heavy atom. The number of carbonyl (C=O) groups is 1. The summed E-state index contributed by atoms with van der Waals surface area (Å²) >= 11 is 1.56. The zero-order valence-electron chi connectivity index (χ0n) is 5.71. The highest BCUT2D eigenvalue weighted by molar-refractivity contribution is 14.1. The molecule has 3 N–H and O–H groups in total. The smallest absolute Gasteiger partial charge is 0.353 e. The molecule has 1 rings (SSSR count). The quantitative estimate of drug-likeness (QED) is 0.771. The summed E-state index contributed by atoms with van der Waals surface area (Å²) in [7, 11) is 0. The molecule has 0 unspecified atom stereocenters. The molecule has 0 radical (unpaired) electrons. The van der Waals surface area contributed by atoms with E-state index in [2.05, 4.69) is 8.80 Å². The number of halogens is 1. The van der Waals surface area contributed by atoms with Crippen LogP contribution in [0.1, 0.15) is 10.4 Å². The minimum Gasteiger partial charge on any atom is -0.391 e. The Morgan fingerprint density at radius 3 is 2.64 bits per heavy atom. The van der Waals surface area contributed by atoms with E-state index >= 15 is 0 Å². The zero-order chi connectivity index (χ0) is 8.27. The van der Waals surface area contributed by atoms with Gasteiger partial charge in [0.15, 0.2) is 23.0 Å². The number of quaternary nitrogens is 1. The first-order valence-corrected chi connectivity index (χ1v) is 3.87. The van der Waals surface area contributed by atoms with Crippen LogP contribution in [-0.4, -0.2) is 5.97 Å². The highest BCUT2D eigenvalue weighted by Gasteiger charge is 2.10. The maximum Gasteiger partial charge on any atom is 0.353 e. The summed E-state index contributed by atoms with van der Waals surface area (Å²) in [4.78, 5) is 11.0. The summed E-state index contributed by atoms with van der Waals surface area (Å²) in [5, 5.41) is 0. The Kier molecular flexibility index (Phi) is 2.84. The van der Waals surface area contributed by atoms with Gasteiger partial charge in [-0.05, 0) is 12.1 Å². The van der Waals surface area contributed by atoms with Gasteiger partial charge in [0.25, 0.3) is 0 Å². The number of carbonyl (C=O) groups excluding carboxylic acids is 1. The van der Waals surface area contributed by atoms with Gasteiger partial charge in [-0.1, -0.05) is 12.1 Å². The SMILES string of the molecule is [NH3+]c1ccccc1C(=O)OI. The normalized spacial score (nSPS) is 9.27. The molecule has 0 saturated heterocycles. The molecule has 0 bridgehead atoms. The second-order valence-electron chi connectivity index (χ2n) is 2.02.